The second-order valence-electron chi connectivity index (χ2n) is 13.2. The van der Waals surface area contributed by atoms with Crippen LogP contribution in [0.25, 0.3) is 70.9 Å². The summed E-state index contributed by atoms with van der Waals surface area (Å²) in [6.07, 6.45) is 0. The molecule has 1 aromatic heterocycles. The average molecular weight is 661 g/mol. The summed E-state index contributed by atoms with van der Waals surface area (Å²) in [4.78, 5) is 2.15. The lowest BCUT2D eigenvalue weighted by molar-refractivity contribution is 1.19. The highest BCUT2D eigenvalue weighted by molar-refractivity contribution is 6.32. The summed E-state index contributed by atoms with van der Waals surface area (Å²) in [5, 5.41) is 28.8. The van der Waals surface area contributed by atoms with Crippen molar-refractivity contribution in [3.63, 3.8) is 0 Å². The van der Waals surface area contributed by atoms with Crippen LogP contribution in [0.1, 0.15) is 11.1 Å². The first-order valence-electron chi connectivity index (χ1n) is 17.3. The van der Waals surface area contributed by atoms with Crippen molar-refractivity contribution >= 4 is 71.2 Å². The van der Waals surface area contributed by atoms with E-state index in [9.17, 15) is 10.5 Å². The maximum absolute atomic E-state index is 9.40. The molecule has 0 aliphatic heterocycles. The van der Waals surface area contributed by atoms with Crippen molar-refractivity contribution in [1.29, 1.82) is 10.5 Å². The lowest BCUT2D eigenvalue weighted by atomic mass is 9.89. The van der Waals surface area contributed by atoms with Gasteiger partial charge in [0.2, 0.25) is 0 Å². The van der Waals surface area contributed by atoms with Crippen molar-refractivity contribution in [3.05, 3.63) is 181 Å². The van der Waals surface area contributed by atoms with E-state index in [0.717, 1.165) is 28.3 Å². The highest BCUT2D eigenvalue weighted by Crippen LogP contribution is 2.45. The molecule has 9 aromatic carbocycles. The van der Waals surface area contributed by atoms with Crippen LogP contribution in [-0.4, -0.2) is 4.57 Å². The van der Waals surface area contributed by atoms with E-state index in [4.69, 9.17) is 0 Å². The predicted octanol–water partition coefficient (Wildman–Crippen LogP) is 12.6. The van der Waals surface area contributed by atoms with E-state index in [2.05, 4.69) is 143 Å². The molecule has 0 spiro atoms. The Kier molecular flexibility index (Phi) is 6.58. The fourth-order valence-electron chi connectivity index (χ4n) is 8.03. The van der Waals surface area contributed by atoms with Crippen molar-refractivity contribution in [1.82, 2.24) is 4.57 Å². The Bertz CT molecular complexity index is 2990. The summed E-state index contributed by atoms with van der Waals surface area (Å²) in [5.41, 5.74) is 9.95. The molecule has 0 aliphatic carbocycles. The first kappa shape index (κ1) is 29.5. The Hall–Kier alpha value is -7.40. The molecule has 10 rings (SSSR count). The third kappa shape index (κ3) is 4.46. The van der Waals surface area contributed by atoms with Crippen LogP contribution in [0.2, 0.25) is 0 Å². The number of nitriles is 2. The maximum Gasteiger partial charge on any atom is 0.0991 e. The Morgan fingerprint density at radius 3 is 1.67 bits per heavy atom. The van der Waals surface area contributed by atoms with Crippen LogP contribution in [-0.2, 0) is 0 Å². The van der Waals surface area contributed by atoms with Crippen molar-refractivity contribution in [2.45, 2.75) is 0 Å². The first-order chi connectivity index (χ1) is 25.7. The minimum absolute atomic E-state index is 0.607. The molecule has 0 N–H and O–H groups in total. The molecule has 52 heavy (non-hydrogen) atoms. The fraction of sp³-hybridized carbons (Fsp3) is 0. The van der Waals surface area contributed by atoms with Gasteiger partial charge in [-0.25, -0.2) is 0 Å². The highest BCUT2D eigenvalue weighted by atomic mass is 15.1. The number of rotatable bonds is 5. The van der Waals surface area contributed by atoms with Crippen LogP contribution in [0, 0.1) is 22.7 Å². The van der Waals surface area contributed by atoms with Gasteiger partial charge in [-0.1, -0.05) is 84.9 Å². The highest BCUT2D eigenvalue weighted by Gasteiger charge is 2.20. The lowest BCUT2D eigenvalue weighted by Crippen LogP contribution is -2.09. The molecule has 4 heteroatoms. The molecular weight excluding hydrogens is 633 g/mol. The topological polar surface area (TPSA) is 55.8 Å². The number of benzene rings is 9. The van der Waals surface area contributed by atoms with E-state index >= 15 is 0 Å². The molecule has 0 fully saturated rings. The van der Waals surface area contributed by atoms with E-state index in [-0.39, 0.29) is 0 Å². The number of hydrogen-bond acceptors (Lipinski definition) is 3. The maximum atomic E-state index is 9.40. The molecule has 240 valence electrons. The number of hydrogen-bond donors (Lipinski definition) is 0. The monoisotopic (exact) mass is 660 g/mol. The molecule has 0 saturated heterocycles. The van der Waals surface area contributed by atoms with Gasteiger partial charge < -0.3 is 9.47 Å². The van der Waals surface area contributed by atoms with Crippen LogP contribution in [0.5, 0.6) is 0 Å². The van der Waals surface area contributed by atoms with Gasteiger partial charge >= 0.3 is 0 Å². The molecule has 0 amide bonds. The Labute approximate surface area is 300 Å². The van der Waals surface area contributed by atoms with Crippen LogP contribution in [0.15, 0.2) is 170 Å². The van der Waals surface area contributed by atoms with Gasteiger partial charge in [0.15, 0.2) is 0 Å². The number of fused-ring (bicyclic) bond motifs is 4. The largest absolute Gasteiger partial charge is 0.311 e. The molecule has 4 nitrogen and oxygen atoms in total. The fourth-order valence-corrected chi connectivity index (χ4v) is 8.03. The predicted molar refractivity (Wildman–Crippen MR) is 214 cm³/mol. The van der Waals surface area contributed by atoms with Crippen LogP contribution in [0.4, 0.5) is 17.1 Å². The molecule has 0 atom stereocenters. The number of nitrogens with zero attached hydrogens (tertiary/aromatic N) is 4. The Morgan fingerprint density at radius 1 is 0.442 bits per heavy atom. The molecule has 0 aliphatic rings. The third-order valence-corrected chi connectivity index (χ3v) is 10.4. The van der Waals surface area contributed by atoms with Gasteiger partial charge in [0.05, 0.1) is 34.3 Å². The van der Waals surface area contributed by atoms with Gasteiger partial charge in [-0.2, -0.15) is 10.5 Å². The van der Waals surface area contributed by atoms with Crippen molar-refractivity contribution in [2.75, 3.05) is 4.90 Å². The molecule has 10 aromatic rings. The second kappa shape index (κ2) is 11.6. The van der Waals surface area contributed by atoms with Gasteiger partial charge in [0.25, 0.3) is 0 Å². The van der Waals surface area contributed by atoms with Crippen molar-refractivity contribution < 1.29 is 0 Å². The van der Waals surface area contributed by atoms with E-state index < -0.39 is 0 Å². The number of aromatic nitrogens is 1. The SMILES string of the molecule is N#Cc1ccc(N(c2ccc(C#N)cc2)c2ccc(-c3ccc4ccc5cc6c7ccccc7n(-c7ccccc7)c6c6ccc3c4c56)cc2)cc1. The minimum atomic E-state index is 0.607. The quantitative estimate of drug-likeness (QED) is 0.173. The minimum Gasteiger partial charge on any atom is -0.311 e. The summed E-state index contributed by atoms with van der Waals surface area (Å²) in [5.74, 6) is 0. The van der Waals surface area contributed by atoms with E-state index in [1.54, 1.807) is 0 Å². The average Bonchev–Trinajstić information content (AvgIpc) is 3.55. The van der Waals surface area contributed by atoms with Crippen LogP contribution < -0.4 is 4.90 Å². The summed E-state index contributed by atoms with van der Waals surface area (Å²) in [7, 11) is 0. The molecular formula is C48H28N4. The molecule has 0 saturated carbocycles. The standard InChI is InChI=1S/C48H28N4/c49-29-31-10-19-37(20-11-31)51(38-21-12-32(30-50)13-22-38)39-23-16-33(17-24-39)40-25-18-34-14-15-35-28-44-41-8-4-5-9-45(41)52(36-6-2-1-3-7-36)48(44)43-27-26-42(40)46(34)47(35)43/h1-28H. The van der Waals surface area contributed by atoms with Crippen molar-refractivity contribution in [3.8, 4) is 29.0 Å². The Balaban J connectivity index is 1.15. The van der Waals surface area contributed by atoms with Gasteiger partial charge in [-0.3, -0.25) is 0 Å². The van der Waals surface area contributed by atoms with Crippen LogP contribution in [0.3, 0.4) is 0 Å². The number of para-hydroxylation sites is 2. The smallest absolute Gasteiger partial charge is 0.0991 e. The summed E-state index contributed by atoms with van der Waals surface area (Å²) < 4.78 is 2.42. The molecule has 1 heterocycles. The number of anilines is 3. The molecule has 0 unspecified atom stereocenters. The van der Waals surface area contributed by atoms with E-state index in [0.29, 0.717) is 11.1 Å². The molecule has 0 bridgehead atoms. The normalized spacial score (nSPS) is 11.4. The van der Waals surface area contributed by atoms with Gasteiger partial charge in [0, 0.05) is 38.9 Å². The van der Waals surface area contributed by atoms with Crippen LogP contribution >= 0.6 is 0 Å². The van der Waals surface area contributed by atoms with Crippen molar-refractivity contribution in [2.24, 2.45) is 0 Å². The lowest BCUT2D eigenvalue weighted by Gasteiger charge is -2.26. The van der Waals surface area contributed by atoms with E-state index in [1.165, 1.54) is 59.7 Å². The second-order valence-corrected chi connectivity index (χ2v) is 13.2. The zero-order chi connectivity index (χ0) is 34.8. The zero-order valence-electron chi connectivity index (χ0n) is 28.0. The summed E-state index contributed by atoms with van der Waals surface area (Å²) in [6.45, 7) is 0. The first-order valence-corrected chi connectivity index (χ1v) is 17.3. The Morgan fingerprint density at radius 2 is 1.00 bits per heavy atom. The van der Waals surface area contributed by atoms with E-state index in [1.807, 2.05) is 48.5 Å². The third-order valence-electron chi connectivity index (χ3n) is 10.4. The van der Waals surface area contributed by atoms with Gasteiger partial charge in [-0.05, 0) is 123 Å². The molecule has 0 radical (unpaired) electrons. The van der Waals surface area contributed by atoms with Gasteiger partial charge in [0.1, 0.15) is 0 Å². The van der Waals surface area contributed by atoms with Gasteiger partial charge in [-0.15, -0.1) is 0 Å². The zero-order valence-corrected chi connectivity index (χ0v) is 28.0. The summed E-state index contributed by atoms with van der Waals surface area (Å²) in [6, 6.07) is 63.7. The summed E-state index contributed by atoms with van der Waals surface area (Å²) >= 11 is 0.